The average Bonchev–Trinajstić information content (AvgIpc) is 2.79. The largest absolute Gasteiger partial charge is 0.508 e. The summed E-state index contributed by atoms with van der Waals surface area (Å²) in [4.78, 5) is 20.3. The maximum Gasteiger partial charge on any atom is 0.336 e. The van der Waals surface area contributed by atoms with Crippen molar-refractivity contribution < 1.29 is 15.0 Å². The van der Waals surface area contributed by atoms with Crippen LogP contribution in [0.1, 0.15) is 34.1 Å². The zero-order valence-electron chi connectivity index (χ0n) is 11.7. The molecule has 0 fully saturated rings. The fourth-order valence-electron chi connectivity index (χ4n) is 2.63. The number of phenolic OH excluding ortho intramolecular Hbond substituents is 1. The summed E-state index contributed by atoms with van der Waals surface area (Å²) < 4.78 is 0. The number of hydrogen-bond donors (Lipinski definition) is 2. The Morgan fingerprint density at radius 1 is 1.24 bits per heavy atom. The molecule has 21 heavy (non-hydrogen) atoms. The Bertz CT molecular complexity index is 794. The summed E-state index contributed by atoms with van der Waals surface area (Å²) >= 11 is 0. The summed E-state index contributed by atoms with van der Waals surface area (Å²) in [6.45, 7) is 4.06. The summed E-state index contributed by atoms with van der Waals surface area (Å²) in [5.41, 5.74) is 4.49. The highest BCUT2D eigenvalue weighted by molar-refractivity contribution is 6.10. The number of aromatic nitrogens is 1. The van der Waals surface area contributed by atoms with Gasteiger partial charge in [0, 0.05) is 16.8 Å². The second kappa shape index (κ2) is 4.70. The normalized spacial score (nSPS) is 13.0. The van der Waals surface area contributed by atoms with Crippen LogP contribution in [-0.4, -0.2) is 26.9 Å². The van der Waals surface area contributed by atoms with E-state index in [9.17, 15) is 15.0 Å². The Kier molecular flexibility index (Phi) is 2.97. The molecule has 2 N–H and O–H groups in total. The molecular weight excluding hydrogens is 268 g/mol. The Hall–Kier alpha value is -2.69. The van der Waals surface area contributed by atoms with Crippen LogP contribution in [-0.2, 0) is 6.54 Å². The van der Waals surface area contributed by atoms with Gasteiger partial charge in [0.2, 0.25) is 0 Å². The minimum atomic E-state index is -0.984. The molecule has 0 atom stereocenters. The van der Waals surface area contributed by atoms with Crippen LogP contribution in [0.5, 0.6) is 5.75 Å². The van der Waals surface area contributed by atoms with Crippen LogP contribution < -0.4 is 0 Å². The van der Waals surface area contributed by atoms with E-state index in [0.717, 1.165) is 11.1 Å². The number of fused-ring (bicyclic) bond motifs is 1. The first-order valence-electron chi connectivity index (χ1n) is 6.56. The molecule has 0 radical (unpaired) electrons. The van der Waals surface area contributed by atoms with Crippen LogP contribution in [0.15, 0.2) is 29.3 Å². The van der Waals surface area contributed by atoms with Gasteiger partial charge in [-0.2, -0.15) is 0 Å². The van der Waals surface area contributed by atoms with Gasteiger partial charge < -0.3 is 10.2 Å². The van der Waals surface area contributed by atoms with Crippen molar-refractivity contribution in [1.29, 1.82) is 0 Å². The van der Waals surface area contributed by atoms with Crippen LogP contribution in [0.25, 0.3) is 11.3 Å². The number of benzene rings is 1. The minimum Gasteiger partial charge on any atom is -0.508 e. The third-order valence-corrected chi connectivity index (χ3v) is 3.64. The molecule has 1 aliphatic heterocycles. The molecule has 1 aromatic carbocycles. The molecule has 0 saturated heterocycles. The number of carbonyl (C=O) groups is 1. The summed E-state index contributed by atoms with van der Waals surface area (Å²) in [6.07, 6.45) is 0. The van der Waals surface area contributed by atoms with Gasteiger partial charge >= 0.3 is 5.97 Å². The number of rotatable bonds is 2. The van der Waals surface area contributed by atoms with E-state index in [0.29, 0.717) is 29.2 Å². The molecule has 5 heteroatoms. The number of carboxylic acids is 1. The van der Waals surface area contributed by atoms with Gasteiger partial charge in [-0.25, -0.2) is 4.79 Å². The van der Waals surface area contributed by atoms with Gasteiger partial charge in [0.15, 0.2) is 0 Å². The molecule has 0 saturated carbocycles. The standard InChI is InChI=1S/C16H14N2O3/c1-8-5-10(19)3-4-11(8)13-6-12(16(20)21)15-9(2)17-7-14(15)18-13/h3-6,19H,7H2,1-2H3,(H,20,21). The van der Waals surface area contributed by atoms with Gasteiger partial charge in [-0.1, -0.05) is 0 Å². The van der Waals surface area contributed by atoms with Crippen molar-refractivity contribution in [3.05, 3.63) is 46.6 Å². The van der Waals surface area contributed by atoms with Crippen LogP contribution in [0.4, 0.5) is 0 Å². The molecule has 2 heterocycles. The van der Waals surface area contributed by atoms with E-state index in [1.807, 2.05) is 6.92 Å². The number of aromatic hydroxyl groups is 1. The van der Waals surface area contributed by atoms with Gasteiger partial charge in [0.05, 0.1) is 23.5 Å². The van der Waals surface area contributed by atoms with Crippen molar-refractivity contribution in [1.82, 2.24) is 4.98 Å². The summed E-state index contributed by atoms with van der Waals surface area (Å²) in [7, 11) is 0. The number of aromatic carboxylic acids is 1. The number of aliphatic imine (C=N–C) groups is 1. The van der Waals surface area contributed by atoms with E-state index in [2.05, 4.69) is 9.98 Å². The molecule has 5 nitrogen and oxygen atoms in total. The zero-order chi connectivity index (χ0) is 15.1. The lowest BCUT2D eigenvalue weighted by molar-refractivity contribution is 0.0696. The van der Waals surface area contributed by atoms with E-state index in [-0.39, 0.29) is 11.3 Å². The molecule has 0 unspecified atom stereocenters. The smallest absolute Gasteiger partial charge is 0.336 e. The predicted molar refractivity (Wildman–Crippen MR) is 78.9 cm³/mol. The number of carboxylic acid groups (broad SMARTS) is 1. The van der Waals surface area contributed by atoms with Crippen molar-refractivity contribution in [2.45, 2.75) is 20.4 Å². The number of aryl methyl sites for hydroxylation is 1. The van der Waals surface area contributed by atoms with E-state index >= 15 is 0 Å². The van der Waals surface area contributed by atoms with E-state index in [1.165, 1.54) is 0 Å². The maximum atomic E-state index is 11.5. The number of nitrogens with zero attached hydrogens (tertiary/aromatic N) is 2. The number of phenols is 1. The molecule has 0 bridgehead atoms. The van der Waals surface area contributed by atoms with Crippen LogP contribution in [0.2, 0.25) is 0 Å². The van der Waals surface area contributed by atoms with Gasteiger partial charge in [0.1, 0.15) is 5.75 Å². The molecular formula is C16H14N2O3. The van der Waals surface area contributed by atoms with Crippen molar-refractivity contribution in [2.24, 2.45) is 4.99 Å². The number of pyridine rings is 1. The van der Waals surface area contributed by atoms with Crippen molar-refractivity contribution in [3.8, 4) is 17.0 Å². The lowest BCUT2D eigenvalue weighted by atomic mass is 9.98. The monoisotopic (exact) mass is 282 g/mol. The number of hydrogen-bond acceptors (Lipinski definition) is 4. The summed E-state index contributed by atoms with van der Waals surface area (Å²) in [5, 5.41) is 18.9. The van der Waals surface area contributed by atoms with Gasteiger partial charge in [0.25, 0.3) is 0 Å². The predicted octanol–water partition coefficient (Wildman–Crippen LogP) is 2.78. The highest BCUT2D eigenvalue weighted by atomic mass is 16.4. The van der Waals surface area contributed by atoms with Crippen LogP contribution >= 0.6 is 0 Å². The van der Waals surface area contributed by atoms with Crippen LogP contribution in [0.3, 0.4) is 0 Å². The highest BCUT2D eigenvalue weighted by Gasteiger charge is 2.23. The fraction of sp³-hybridized carbons (Fsp3) is 0.188. The zero-order valence-corrected chi connectivity index (χ0v) is 11.7. The Morgan fingerprint density at radius 3 is 2.67 bits per heavy atom. The Balaban J connectivity index is 2.23. The second-order valence-electron chi connectivity index (χ2n) is 5.08. The van der Waals surface area contributed by atoms with Crippen molar-refractivity contribution >= 4 is 11.7 Å². The SMILES string of the molecule is CC1=NCc2nc(-c3ccc(O)cc3C)cc(C(=O)O)c21. The molecule has 2 aromatic rings. The van der Waals surface area contributed by atoms with Crippen LogP contribution in [0, 0.1) is 6.92 Å². The molecule has 1 aliphatic rings. The first kappa shape index (κ1) is 13.3. The van der Waals surface area contributed by atoms with E-state index < -0.39 is 5.97 Å². The summed E-state index contributed by atoms with van der Waals surface area (Å²) in [6, 6.07) is 6.52. The molecule has 0 spiro atoms. The molecule has 1 aromatic heterocycles. The molecule has 3 rings (SSSR count). The fourth-order valence-corrected chi connectivity index (χ4v) is 2.63. The highest BCUT2D eigenvalue weighted by Crippen LogP contribution is 2.30. The maximum absolute atomic E-state index is 11.5. The molecule has 0 amide bonds. The lowest BCUT2D eigenvalue weighted by Gasteiger charge is -2.11. The summed E-state index contributed by atoms with van der Waals surface area (Å²) in [5.74, 6) is -0.808. The minimum absolute atomic E-state index is 0.176. The third-order valence-electron chi connectivity index (χ3n) is 3.64. The molecule has 0 aliphatic carbocycles. The second-order valence-corrected chi connectivity index (χ2v) is 5.08. The van der Waals surface area contributed by atoms with Crippen molar-refractivity contribution in [2.75, 3.05) is 0 Å². The first-order chi connectivity index (χ1) is 9.97. The quantitative estimate of drug-likeness (QED) is 0.887. The lowest BCUT2D eigenvalue weighted by Crippen LogP contribution is -2.09. The van der Waals surface area contributed by atoms with Gasteiger partial charge in [-0.15, -0.1) is 0 Å². The van der Waals surface area contributed by atoms with Gasteiger partial charge in [-0.3, -0.25) is 9.98 Å². The third kappa shape index (κ3) is 2.16. The average molecular weight is 282 g/mol. The topological polar surface area (TPSA) is 82.8 Å². The van der Waals surface area contributed by atoms with Gasteiger partial charge in [-0.05, 0) is 43.7 Å². The Labute approximate surface area is 121 Å². The van der Waals surface area contributed by atoms with E-state index in [4.69, 9.17) is 0 Å². The first-order valence-corrected chi connectivity index (χ1v) is 6.56. The van der Waals surface area contributed by atoms with Crippen molar-refractivity contribution in [3.63, 3.8) is 0 Å². The van der Waals surface area contributed by atoms with E-state index in [1.54, 1.807) is 31.2 Å². The molecule has 106 valence electrons. The Morgan fingerprint density at radius 2 is 2.00 bits per heavy atom.